The highest BCUT2D eigenvalue weighted by Crippen LogP contribution is 2.32. The summed E-state index contributed by atoms with van der Waals surface area (Å²) in [7, 11) is 0. The zero-order chi connectivity index (χ0) is 24.6. The van der Waals surface area contributed by atoms with E-state index in [1.807, 2.05) is 35.8 Å². The van der Waals surface area contributed by atoms with Crippen LogP contribution in [0.15, 0.2) is 42.7 Å². The third kappa shape index (κ3) is 4.32. The third-order valence-electron chi connectivity index (χ3n) is 6.99. The largest absolute Gasteiger partial charge is 0.489 e. The normalized spacial score (nSPS) is 21.1. The van der Waals surface area contributed by atoms with E-state index in [0.29, 0.717) is 41.6 Å². The number of imidazole rings is 1. The average Bonchev–Trinajstić information content (AvgIpc) is 3.25. The SMILES string of the molecule is CCOc1nc(N)c2nc(-c3cncc(F)c3)n(Cc3ccc(O[C@@H]4CN5CCC4CC5)cc3)c2n1. The number of benzene rings is 1. The zero-order valence-electron chi connectivity index (χ0n) is 20.1. The van der Waals surface area contributed by atoms with Crippen molar-refractivity contribution in [1.29, 1.82) is 0 Å². The quantitative estimate of drug-likeness (QED) is 0.421. The molecule has 3 aliphatic heterocycles. The number of fused-ring (bicyclic) bond motifs is 4. The van der Waals surface area contributed by atoms with Crippen LogP contribution >= 0.6 is 0 Å². The van der Waals surface area contributed by atoms with Crippen molar-refractivity contribution in [1.82, 2.24) is 29.4 Å². The van der Waals surface area contributed by atoms with Gasteiger partial charge in [0.15, 0.2) is 17.0 Å². The summed E-state index contributed by atoms with van der Waals surface area (Å²) in [6, 6.07) is 9.64. The Labute approximate surface area is 208 Å². The molecule has 3 fully saturated rings. The Balaban J connectivity index is 1.33. The van der Waals surface area contributed by atoms with Gasteiger partial charge in [-0.25, -0.2) is 9.37 Å². The molecule has 3 saturated heterocycles. The van der Waals surface area contributed by atoms with Crippen LogP contribution in [0.1, 0.15) is 25.3 Å². The van der Waals surface area contributed by atoms with Gasteiger partial charge in [0, 0.05) is 18.3 Å². The average molecular weight is 490 g/mol. The van der Waals surface area contributed by atoms with Gasteiger partial charge in [-0.2, -0.15) is 9.97 Å². The minimum absolute atomic E-state index is 0.175. The van der Waals surface area contributed by atoms with Crippen molar-refractivity contribution >= 4 is 17.0 Å². The molecule has 10 heteroatoms. The molecule has 0 saturated carbocycles. The lowest BCUT2D eigenvalue weighted by Gasteiger charge is -2.44. The van der Waals surface area contributed by atoms with Crippen molar-refractivity contribution in [2.45, 2.75) is 32.4 Å². The van der Waals surface area contributed by atoms with Gasteiger partial charge in [-0.05, 0) is 62.5 Å². The Morgan fingerprint density at radius 2 is 1.89 bits per heavy atom. The maximum absolute atomic E-state index is 14.0. The molecule has 36 heavy (non-hydrogen) atoms. The van der Waals surface area contributed by atoms with Crippen LogP contribution in [0.5, 0.6) is 11.8 Å². The summed E-state index contributed by atoms with van der Waals surface area (Å²) in [5, 5.41) is 0. The zero-order valence-corrected chi connectivity index (χ0v) is 20.1. The van der Waals surface area contributed by atoms with E-state index in [-0.39, 0.29) is 17.9 Å². The molecule has 186 valence electrons. The second-order valence-corrected chi connectivity index (χ2v) is 9.35. The number of hydrogen-bond acceptors (Lipinski definition) is 8. The minimum Gasteiger partial charge on any atom is -0.489 e. The number of rotatable bonds is 7. The van der Waals surface area contributed by atoms with Gasteiger partial charge in [0.05, 0.1) is 19.3 Å². The van der Waals surface area contributed by atoms with Crippen LogP contribution in [0, 0.1) is 11.7 Å². The highest BCUT2D eigenvalue weighted by Gasteiger charge is 2.35. The molecule has 3 aromatic heterocycles. The van der Waals surface area contributed by atoms with Crippen LogP contribution in [0.2, 0.25) is 0 Å². The van der Waals surface area contributed by atoms with Gasteiger partial charge in [0.25, 0.3) is 0 Å². The fourth-order valence-corrected chi connectivity index (χ4v) is 5.17. The smallest absolute Gasteiger partial charge is 0.320 e. The lowest BCUT2D eigenvalue weighted by molar-refractivity contribution is -0.00776. The van der Waals surface area contributed by atoms with Gasteiger partial charge in [0.2, 0.25) is 0 Å². The number of nitrogens with zero attached hydrogens (tertiary/aromatic N) is 6. The lowest BCUT2D eigenvalue weighted by atomic mass is 9.86. The van der Waals surface area contributed by atoms with Gasteiger partial charge < -0.3 is 19.8 Å². The fourth-order valence-electron chi connectivity index (χ4n) is 5.17. The Bertz CT molecular complexity index is 1380. The Hall–Kier alpha value is -3.79. The van der Waals surface area contributed by atoms with Crippen molar-refractivity contribution in [3.05, 3.63) is 54.1 Å². The lowest BCUT2D eigenvalue weighted by Crippen LogP contribution is -2.52. The van der Waals surface area contributed by atoms with E-state index in [1.165, 1.54) is 32.0 Å². The molecule has 0 aliphatic carbocycles. The summed E-state index contributed by atoms with van der Waals surface area (Å²) in [5.41, 5.74) is 8.66. The highest BCUT2D eigenvalue weighted by atomic mass is 19.1. The number of ether oxygens (including phenoxy) is 2. The number of hydrogen-bond donors (Lipinski definition) is 1. The first kappa shape index (κ1) is 22.7. The third-order valence-corrected chi connectivity index (χ3v) is 6.99. The van der Waals surface area contributed by atoms with Crippen molar-refractivity contribution in [2.24, 2.45) is 5.92 Å². The molecule has 0 spiro atoms. The van der Waals surface area contributed by atoms with E-state index in [4.69, 9.17) is 15.2 Å². The molecule has 4 aromatic rings. The van der Waals surface area contributed by atoms with E-state index in [9.17, 15) is 4.39 Å². The molecule has 7 rings (SSSR count). The Morgan fingerprint density at radius 1 is 1.08 bits per heavy atom. The topological polar surface area (TPSA) is 104 Å². The number of pyridine rings is 1. The first-order chi connectivity index (χ1) is 17.6. The van der Waals surface area contributed by atoms with Gasteiger partial charge in [0.1, 0.15) is 23.5 Å². The van der Waals surface area contributed by atoms with Gasteiger partial charge in [-0.3, -0.25) is 9.88 Å². The van der Waals surface area contributed by atoms with E-state index in [2.05, 4.69) is 24.8 Å². The summed E-state index contributed by atoms with van der Waals surface area (Å²) < 4.78 is 27.8. The predicted molar refractivity (Wildman–Crippen MR) is 133 cm³/mol. The van der Waals surface area contributed by atoms with Gasteiger partial charge in [-0.15, -0.1) is 0 Å². The maximum atomic E-state index is 14.0. The Kier molecular flexibility index (Phi) is 5.88. The molecule has 9 nitrogen and oxygen atoms in total. The predicted octanol–water partition coefficient (Wildman–Crippen LogP) is 3.53. The van der Waals surface area contributed by atoms with E-state index < -0.39 is 5.82 Å². The molecule has 0 radical (unpaired) electrons. The van der Waals surface area contributed by atoms with Crippen LogP contribution in [-0.2, 0) is 6.54 Å². The summed E-state index contributed by atoms with van der Waals surface area (Å²) >= 11 is 0. The summed E-state index contributed by atoms with van der Waals surface area (Å²) in [6.45, 7) is 6.06. The standard InChI is InChI=1S/C26H28FN7O2/c1-2-35-26-31-23(28)22-25(32-26)34(24(30-22)18-11-19(27)13-29-12-18)14-16-3-5-20(6-4-16)36-21-15-33-9-7-17(21)8-10-33/h3-6,11-13,17,21H,2,7-10,14-15H2,1H3,(H2,28,31,32)/t21-/m1/s1. The van der Waals surface area contributed by atoms with Crippen LogP contribution in [0.4, 0.5) is 10.2 Å². The molecule has 1 aromatic carbocycles. The van der Waals surface area contributed by atoms with E-state index in [0.717, 1.165) is 24.1 Å². The molecule has 0 amide bonds. The summed E-state index contributed by atoms with van der Waals surface area (Å²) in [5.74, 6) is 1.76. The molecule has 3 aliphatic rings. The highest BCUT2D eigenvalue weighted by molar-refractivity contribution is 5.85. The van der Waals surface area contributed by atoms with Gasteiger partial charge >= 0.3 is 6.01 Å². The number of piperidine rings is 3. The monoisotopic (exact) mass is 489 g/mol. The number of nitrogen functional groups attached to an aromatic ring is 1. The van der Waals surface area contributed by atoms with Crippen LogP contribution in [-0.4, -0.2) is 61.7 Å². The second-order valence-electron chi connectivity index (χ2n) is 9.35. The van der Waals surface area contributed by atoms with Crippen molar-refractivity contribution in [3.8, 4) is 23.1 Å². The molecular weight excluding hydrogens is 461 g/mol. The van der Waals surface area contributed by atoms with Crippen molar-refractivity contribution in [3.63, 3.8) is 0 Å². The number of nitrogens with two attached hydrogens (primary N) is 1. The van der Waals surface area contributed by atoms with Crippen LogP contribution in [0.25, 0.3) is 22.6 Å². The second kappa shape index (κ2) is 9.34. The van der Waals surface area contributed by atoms with Crippen molar-refractivity contribution < 1.29 is 13.9 Å². The summed E-state index contributed by atoms with van der Waals surface area (Å²) in [6.07, 6.45) is 5.40. The molecule has 2 N–H and O–H groups in total. The van der Waals surface area contributed by atoms with E-state index >= 15 is 0 Å². The molecule has 0 unspecified atom stereocenters. The first-order valence-electron chi connectivity index (χ1n) is 12.3. The molecular formula is C26H28FN7O2. The molecule has 6 heterocycles. The Morgan fingerprint density at radius 3 is 2.58 bits per heavy atom. The van der Waals surface area contributed by atoms with Crippen LogP contribution in [0.3, 0.4) is 0 Å². The van der Waals surface area contributed by atoms with Crippen molar-refractivity contribution in [2.75, 3.05) is 32.0 Å². The molecule has 2 bridgehead atoms. The number of halogens is 1. The van der Waals surface area contributed by atoms with Gasteiger partial charge in [-0.1, -0.05) is 12.1 Å². The summed E-state index contributed by atoms with van der Waals surface area (Å²) in [4.78, 5) is 19.9. The number of aromatic nitrogens is 5. The first-order valence-corrected chi connectivity index (χ1v) is 12.3. The van der Waals surface area contributed by atoms with E-state index in [1.54, 1.807) is 6.20 Å². The minimum atomic E-state index is -0.450. The fraction of sp³-hybridized carbons (Fsp3) is 0.385. The van der Waals surface area contributed by atoms with Crippen LogP contribution < -0.4 is 15.2 Å². The number of anilines is 1. The molecule has 1 atom stereocenters. The maximum Gasteiger partial charge on any atom is 0.320 e.